The van der Waals surface area contributed by atoms with E-state index < -0.39 is 5.97 Å². The number of carboxylic acids is 1. The zero-order valence-electron chi connectivity index (χ0n) is 8.84. The molecule has 1 heterocycles. The third-order valence-corrected chi connectivity index (χ3v) is 2.45. The molecule has 0 radical (unpaired) electrons. The number of aryl methyl sites for hydroxylation is 1. The first-order valence-electron chi connectivity index (χ1n) is 5.02. The summed E-state index contributed by atoms with van der Waals surface area (Å²) < 4.78 is 1.65. The highest BCUT2D eigenvalue weighted by Gasteiger charge is 2.13. The molecule has 2 aromatic rings. The molecule has 84 valence electrons. The van der Waals surface area contributed by atoms with Gasteiger partial charge in [-0.15, -0.1) is 0 Å². The average Bonchev–Trinajstić information content (AvgIpc) is 2.55. The number of carbonyl (C=O) groups is 1. The number of aromatic nitrogens is 2. The monoisotopic (exact) mass is 220 g/mol. The average molecular weight is 220 g/mol. The lowest BCUT2D eigenvalue weighted by Crippen LogP contribution is -2.08. The molecule has 1 aromatic carbocycles. The molecule has 0 atom stereocenters. The van der Waals surface area contributed by atoms with E-state index in [-0.39, 0.29) is 12.2 Å². The van der Waals surface area contributed by atoms with E-state index in [0.717, 1.165) is 5.39 Å². The maximum Gasteiger partial charge on any atom is 0.309 e. The molecule has 0 spiro atoms. The maximum absolute atomic E-state index is 10.8. The topological polar surface area (TPSA) is 75.3 Å². The molecule has 0 saturated carbocycles. The van der Waals surface area contributed by atoms with Crippen molar-refractivity contribution in [1.82, 2.24) is 9.78 Å². The Hall–Kier alpha value is -2.04. The summed E-state index contributed by atoms with van der Waals surface area (Å²) in [6.07, 6.45) is -0.0604. The maximum atomic E-state index is 10.8. The molecule has 0 aliphatic carbocycles. The Morgan fingerprint density at radius 2 is 2.25 bits per heavy atom. The fourth-order valence-corrected chi connectivity index (χ4v) is 1.77. The smallest absolute Gasteiger partial charge is 0.309 e. The summed E-state index contributed by atoms with van der Waals surface area (Å²) in [5, 5.41) is 23.2. The molecule has 0 bridgehead atoms. The predicted octanol–water partition coefficient (Wildman–Crippen LogP) is 1.39. The number of aromatic hydroxyl groups is 1. The molecular formula is C11H12N2O3. The number of aliphatic carboxylic acids is 1. The third-order valence-electron chi connectivity index (χ3n) is 2.45. The molecule has 2 rings (SSSR count). The van der Waals surface area contributed by atoms with Crippen LogP contribution in [0.15, 0.2) is 18.2 Å². The van der Waals surface area contributed by atoms with Crippen LogP contribution in [0, 0.1) is 0 Å². The van der Waals surface area contributed by atoms with E-state index in [9.17, 15) is 9.90 Å². The van der Waals surface area contributed by atoms with E-state index in [0.29, 0.717) is 17.8 Å². The van der Waals surface area contributed by atoms with Gasteiger partial charge in [0.1, 0.15) is 5.75 Å². The number of phenols is 1. The van der Waals surface area contributed by atoms with Crippen molar-refractivity contribution in [2.45, 2.75) is 19.9 Å². The molecule has 5 heteroatoms. The lowest BCUT2D eigenvalue weighted by atomic mass is 10.1. The van der Waals surface area contributed by atoms with Crippen molar-refractivity contribution in [3.8, 4) is 5.75 Å². The van der Waals surface area contributed by atoms with Crippen molar-refractivity contribution in [3.05, 3.63) is 23.9 Å². The molecule has 0 unspecified atom stereocenters. The van der Waals surface area contributed by atoms with Crippen LogP contribution in [0.3, 0.4) is 0 Å². The van der Waals surface area contributed by atoms with Crippen molar-refractivity contribution in [3.63, 3.8) is 0 Å². The highest BCUT2D eigenvalue weighted by Crippen LogP contribution is 2.23. The van der Waals surface area contributed by atoms with Gasteiger partial charge in [0.2, 0.25) is 0 Å². The quantitative estimate of drug-likeness (QED) is 0.819. The molecule has 16 heavy (non-hydrogen) atoms. The second-order valence-corrected chi connectivity index (χ2v) is 3.53. The molecule has 2 N–H and O–H groups in total. The molecule has 0 aliphatic rings. The van der Waals surface area contributed by atoms with Crippen LogP contribution < -0.4 is 0 Å². The summed E-state index contributed by atoms with van der Waals surface area (Å²) in [5.74, 6) is -0.750. The number of rotatable bonds is 3. The zero-order chi connectivity index (χ0) is 11.7. The summed E-state index contributed by atoms with van der Waals surface area (Å²) >= 11 is 0. The van der Waals surface area contributed by atoms with E-state index >= 15 is 0 Å². The van der Waals surface area contributed by atoms with Crippen LogP contribution in [-0.2, 0) is 17.8 Å². The summed E-state index contributed by atoms with van der Waals surface area (Å²) in [6.45, 7) is 2.51. The normalized spacial score (nSPS) is 10.8. The largest absolute Gasteiger partial charge is 0.508 e. The van der Waals surface area contributed by atoms with Gasteiger partial charge < -0.3 is 10.2 Å². The fraction of sp³-hybridized carbons (Fsp3) is 0.273. The van der Waals surface area contributed by atoms with Crippen LogP contribution in [0.2, 0.25) is 0 Å². The van der Waals surface area contributed by atoms with Gasteiger partial charge in [0.05, 0.1) is 17.6 Å². The Labute approximate surface area is 91.9 Å². The minimum Gasteiger partial charge on any atom is -0.508 e. The zero-order valence-corrected chi connectivity index (χ0v) is 8.84. The molecule has 0 amide bonds. The van der Waals surface area contributed by atoms with E-state index in [2.05, 4.69) is 5.10 Å². The fourth-order valence-electron chi connectivity index (χ4n) is 1.77. The number of hydrogen-bond donors (Lipinski definition) is 2. The number of nitrogens with zero attached hydrogens (tertiary/aromatic N) is 2. The van der Waals surface area contributed by atoms with Crippen LogP contribution in [0.4, 0.5) is 0 Å². The van der Waals surface area contributed by atoms with Crippen molar-refractivity contribution in [2.24, 2.45) is 0 Å². The molecule has 1 aromatic heterocycles. The van der Waals surface area contributed by atoms with Crippen LogP contribution in [0.25, 0.3) is 10.9 Å². The first kappa shape index (κ1) is 10.5. The van der Waals surface area contributed by atoms with Crippen LogP contribution in [0.1, 0.15) is 12.6 Å². The Morgan fingerprint density at radius 1 is 1.50 bits per heavy atom. The van der Waals surface area contributed by atoms with Crippen molar-refractivity contribution in [2.75, 3.05) is 0 Å². The highest BCUT2D eigenvalue weighted by molar-refractivity contribution is 5.86. The molecule has 0 aliphatic heterocycles. The lowest BCUT2D eigenvalue weighted by Gasteiger charge is -2.01. The van der Waals surface area contributed by atoms with Crippen molar-refractivity contribution in [1.29, 1.82) is 0 Å². The number of fused-ring (bicyclic) bond motifs is 1. The van der Waals surface area contributed by atoms with Crippen molar-refractivity contribution < 1.29 is 15.0 Å². The Bertz CT molecular complexity index is 545. The first-order chi connectivity index (χ1) is 7.61. The summed E-state index contributed by atoms with van der Waals surface area (Å²) in [5.41, 5.74) is 1.29. The minimum atomic E-state index is -0.885. The van der Waals surface area contributed by atoms with Gasteiger partial charge in [-0.3, -0.25) is 9.48 Å². The van der Waals surface area contributed by atoms with Crippen molar-refractivity contribution >= 4 is 16.9 Å². The van der Waals surface area contributed by atoms with Crippen LogP contribution in [0.5, 0.6) is 5.75 Å². The minimum absolute atomic E-state index is 0.0604. The molecule has 0 saturated heterocycles. The number of hydrogen-bond acceptors (Lipinski definition) is 3. The van der Waals surface area contributed by atoms with Gasteiger partial charge in [-0.05, 0) is 19.1 Å². The SMILES string of the molecule is CCn1nc2cc(O)ccc2c1CC(=O)O. The van der Waals surface area contributed by atoms with Gasteiger partial charge in [0.15, 0.2) is 0 Å². The van der Waals surface area contributed by atoms with Gasteiger partial charge in [-0.2, -0.15) is 5.10 Å². The van der Waals surface area contributed by atoms with E-state index in [1.165, 1.54) is 12.1 Å². The predicted molar refractivity (Wildman–Crippen MR) is 58.4 cm³/mol. The molecular weight excluding hydrogens is 208 g/mol. The Kier molecular flexibility index (Phi) is 2.52. The highest BCUT2D eigenvalue weighted by atomic mass is 16.4. The first-order valence-corrected chi connectivity index (χ1v) is 5.02. The van der Waals surface area contributed by atoms with Gasteiger partial charge in [-0.1, -0.05) is 0 Å². The molecule has 0 fully saturated rings. The standard InChI is InChI=1S/C11H12N2O3/c1-2-13-10(6-11(15)16)8-4-3-7(14)5-9(8)12-13/h3-5,14H,2,6H2,1H3,(H,15,16). The van der Waals surface area contributed by atoms with Crippen LogP contribution in [-0.4, -0.2) is 26.0 Å². The van der Waals surface area contributed by atoms with Gasteiger partial charge >= 0.3 is 5.97 Å². The Balaban J connectivity index is 2.63. The Morgan fingerprint density at radius 3 is 2.88 bits per heavy atom. The lowest BCUT2D eigenvalue weighted by molar-refractivity contribution is -0.136. The van der Waals surface area contributed by atoms with Gasteiger partial charge in [-0.25, -0.2) is 0 Å². The summed E-state index contributed by atoms with van der Waals surface area (Å²) in [4.78, 5) is 10.8. The summed E-state index contributed by atoms with van der Waals surface area (Å²) in [7, 11) is 0. The second kappa shape index (κ2) is 3.84. The third kappa shape index (κ3) is 1.71. The summed E-state index contributed by atoms with van der Waals surface area (Å²) in [6, 6.07) is 4.77. The van der Waals surface area contributed by atoms with E-state index in [4.69, 9.17) is 5.11 Å². The van der Waals surface area contributed by atoms with Crippen LogP contribution >= 0.6 is 0 Å². The second-order valence-electron chi connectivity index (χ2n) is 3.53. The number of phenolic OH excluding ortho intramolecular Hbond substituents is 1. The molecule has 5 nitrogen and oxygen atoms in total. The number of benzene rings is 1. The van der Waals surface area contributed by atoms with Gasteiger partial charge in [0.25, 0.3) is 0 Å². The van der Waals surface area contributed by atoms with Gasteiger partial charge in [0, 0.05) is 18.0 Å². The number of carboxylic acid groups (broad SMARTS) is 1. The van der Waals surface area contributed by atoms with E-state index in [1.54, 1.807) is 10.7 Å². The van der Waals surface area contributed by atoms with E-state index in [1.807, 2.05) is 6.92 Å².